The zero-order chi connectivity index (χ0) is 21.2. The van der Waals surface area contributed by atoms with Crippen LogP contribution in [0.2, 0.25) is 0 Å². The molecule has 0 aliphatic rings. The third kappa shape index (κ3) is 5.07. The highest BCUT2D eigenvalue weighted by molar-refractivity contribution is 5.88. The first-order valence-electron chi connectivity index (χ1n) is 9.10. The van der Waals surface area contributed by atoms with Crippen LogP contribution in [0.4, 0.5) is 15.0 Å². The van der Waals surface area contributed by atoms with Crippen molar-refractivity contribution in [2.75, 3.05) is 5.32 Å². The number of anilines is 1. The van der Waals surface area contributed by atoms with Gasteiger partial charge in [-0.3, -0.25) is 15.1 Å². The number of halogens is 1. The molecule has 3 aromatic rings. The lowest BCUT2D eigenvalue weighted by Gasteiger charge is -2.13. The molecule has 0 saturated heterocycles. The number of urea groups is 1. The molecule has 8 nitrogen and oxygen atoms in total. The number of hydrogen-bond acceptors (Lipinski definition) is 4. The molecule has 0 bridgehead atoms. The SMILES string of the molecule is Cc1cc(=O)[nH]c(-n2nc(C(C)(C)C)cc2NC(=O)NCc2ccc(F)cc2)n1. The fraction of sp³-hybridized carbons (Fsp3) is 0.300. The summed E-state index contributed by atoms with van der Waals surface area (Å²) in [5, 5.41) is 9.96. The quantitative estimate of drug-likeness (QED) is 0.628. The Kier molecular flexibility index (Phi) is 5.49. The number of nitrogens with zero attached hydrogens (tertiary/aromatic N) is 3. The van der Waals surface area contributed by atoms with Crippen LogP contribution in [0.5, 0.6) is 0 Å². The maximum Gasteiger partial charge on any atom is 0.320 e. The van der Waals surface area contributed by atoms with E-state index in [-0.39, 0.29) is 29.3 Å². The molecule has 0 atom stereocenters. The molecule has 29 heavy (non-hydrogen) atoms. The molecule has 0 spiro atoms. The van der Waals surface area contributed by atoms with Gasteiger partial charge >= 0.3 is 6.03 Å². The van der Waals surface area contributed by atoms with E-state index in [0.29, 0.717) is 11.5 Å². The molecule has 0 fully saturated rings. The van der Waals surface area contributed by atoms with E-state index in [2.05, 4.69) is 25.7 Å². The number of benzene rings is 1. The van der Waals surface area contributed by atoms with Crippen LogP contribution in [0.15, 0.2) is 41.2 Å². The Hall–Kier alpha value is -3.49. The number of aromatic amines is 1. The van der Waals surface area contributed by atoms with Crippen molar-refractivity contribution >= 4 is 11.8 Å². The third-order valence-electron chi connectivity index (χ3n) is 4.14. The number of carbonyl (C=O) groups excluding carboxylic acids is 1. The molecule has 3 N–H and O–H groups in total. The standard InChI is InChI=1S/C20H23FN6O2/c1-12-9-17(28)25-18(23-12)27-16(10-15(26-27)20(2,3)4)24-19(29)22-11-13-5-7-14(21)8-6-13/h5-10H,11H2,1-4H3,(H2,22,24,29)(H,23,25,28). The van der Waals surface area contributed by atoms with Crippen LogP contribution in [0.25, 0.3) is 5.95 Å². The average Bonchev–Trinajstić information content (AvgIpc) is 3.04. The van der Waals surface area contributed by atoms with Crippen molar-refractivity contribution in [2.24, 2.45) is 0 Å². The number of hydrogen-bond donors (Lipinski definition) is 3. The first-order valence-corrected chi connectivity index (χ1v) is 9.10. The zero-order valence-corrected chi connectivity index (χ0v) is 16.7. The minimum absolute atomic E-state index is 0.208. The monoisotopic (exact) mass is 398 g/mol. The van der Waals surface area contributed by atoms with Crippen molar-refractivity contribution in [3.05, 3.63) is 69.5 Å². The summed E-state index contributed by atoms with van der Waals surface area (Å²) in [5.41, 5.74) is 1.41. The van der Waals surface area contributed by atoms with Crippen LogP contribution in [-0.4, -0.2) is 25.8 Å². The Bertz CT molecular complexity index is 1080. The Morgan fingerprint density at radius 1 is 1.21 bits per heavy atom. The molecule has 0 aliphatic carbocycles. The summed E-state index contributed by atoms with van der Waals surface area (Å²) in [6.07, 6.45) is 0. The van der Waals surface area contributed by atoms with Crippen LogP contribution in [0, 0.1) is 12.7 Å². The molecular formula is C20H23FN6O2. The Morgan fingerprint density at radius 2 is 1.90 bits per heavy atom. The summed E-state index contributed by atoms with van der Waals surface area (Å²) in [6.45, 7) is 7.90. The van der Waals surface area contributed by atoms with Crippen LogP contribution in [0.3, 0.4) is 0 Å². The van der Waals surface area contributed by atoms with Crippen molar-refractivity contribution in [1.82, 2.24) is 25.1 Å². The average molecular weight is 398 g/mol. The van der Waals surface area contributed by atoms with E-state index in [9.17, 15) is 14.0 Å². The van der Waals surface area contributed by atoms with Gasteiger partial charge in [0.25, 0.3) is 5.56 Å². The summed E-state index contributed by atoms with van der Waals surface area (Å²) in [4.78, 5) is 31.2. The predicted octanol–water partition coefficient (Wildman–Crippen LogP) is 3.02. The second-order valence-electron chi connectivity index (χ2n) is 7.72. The number of rotatable bonds is 4. The summed E-state index contributed by atoms with van der Waals surface area (Å²) in [5.74, 6) is 0.232. The molecular weight excluding hydrogens is 375 g/mol. The molecule has 9 heteroatoms. The van der Waals surface area contributed by atoms with Gasteiger partial charge in [0.2, 0.25) is 5.95 Å². The fourth-order valence-electron chi connectivity index (χ4n) is 2.61. The molecule has 1 aromatic carbocycles. The number of H-pyrrole nitrogens is 1. The van der Waals surface area contributed by atoms with Crippen molar-refractivity contribution in [1.29, 1.82) is 0 Å². The van der Waals surface area contributed by atoms with E-state index in [1.165, 1.54) is 22.9 Å². The van der Waals surface area contributed by atoms with Gasteiger partial charge in [0.05, 0.1) is 5.69 Å². The summed E-state index contributed by atoms with van der Waals surface area (Å²) >= 11 is 0. The van der Waals surface area contributed by atoms with E-state index in [0.717, 1.165) is 11.3 Å². The minimum Gasteiger partial charge on any atom is -0.334 e. The summed E-state index contributed by atoms with van der Waals surface area (Å²) in [6, 6.07) is 8.50. The van der Waals surface area contributed by atoms with Crippen LogP contribution in [-0.2, 0) is 12.0 Å². The first-order chi connectivity index (χ1) is 13.6. The molecule has 2 aromatic heterocycles. The largest absolute Gasteiger partial charge is 0.334 e. The van der Waals surface area contributed by atoms with Gasteiger partial charge in [0, 0.05) is 29.8 Å². The molecule has 0 unspecified atom stereocenters. The van der Waals surface area contributed by atoms with E-state index >= 15 is 0 Å². The third-order valence-corrected chi connectivity index (χ3v) is 4.14. The number of amides is 2. The lowest BCUT2D eigenvalue weighted by atomic mass is 9.92. The highest BCUT2D eigenvalue weighted by Crippen LogP contribution is 2.25. The number of carbonyl (C=O) groups is 1. The molecule has 3 rings (SSSR count). The van der Waals surface area contributed by atoms with Crippen LogP contribution >= 0.6 is 0 Å². The number of nitrogens with one attached hydrogen (secondary N) is 3. The summed E-state index contributed by atoms with van der Waals surface area (Å²) < 4.78 is 14.4. The van der Waals surface area contributed by atoms with Crippen molar-refractivity contribution < 1.29 is 9.18 Å². The van der Waals surface area contributed by atoms with Gasteiger partial charge in [-0.1, -0.05) is 32.9 Å². The molecule has 2 amide bonds. The zero-order valence-electron chi connectivity index (χ0n) is 16.7. The predicted molar refractivity (Wildman–Crippen MR) is 108 cm³/mol. The van der Waals surface area contributed by atoms with Gasteiger partial charge in [-0.15, -0.1) is 0 Å². The van der Waals surface area contributed by atoms with E-state index < -0.39 is 6.03 Å². The van der Waals surface area contributed by atoms with Gasteiger partial charge in [-0.25, -0.2) is 14.2 Å². The Morgan fingerprint density at radius 3 is 2.52 bits per heavy atom. The highest BCUT2D eigenvalue weighted by Gasteiger charge is 2.22. The minimum atomic E-state index is -0.467. The molecule has 0 saturated carbocycles. The van der Waals surface area contributed by atoms with Crippen molar-refractivity contribution in [2.45, 2.75) is 39.7 Å². The second-order valence-corrected chi connectivity index (χ2v) is 7.72. The maximum atomic E-state index is 13.0. The normalized spacial score (nSPS) is 11.3. The molecule has 0 aliphatic heterocycles. The van der Waals surface area contributed by atoms with Crippen LogP contribution < -0.4 is 16.2 Å². The Balaban J connectivity index is 1.85. The van der Waals surface area contributed by atoms with Gasteiger partial charge in [-0.05, 0) is 24.6 Å². The molecule has 2 heterocycles. The summed E-state index contributed by atoms with van der Waals surface area (Å²) in [7, 11) is 0. The molecule has 0 radical (unpaired) electrons. The van der Waals surface area contributed by atoms with E-state index in [4.69, 9.17) is 0 Å². The molecule has 152 valence electrons. The van der Waals surface area contributed by atoms with Gasteiger partial charge in [0.1, 0.15) is 11.6 Å². The van der Waals surface area contributed by atoms with Crippen LogP contribution in [0.1, 0.15) is 37.7 Å². The van der Waals surface area contributed by atoms with Crippen molar-refractivity contribution in [3.8, 4) is 5.95 Å². The number of aromatic nitrogens is 4. The first kappa shape index (κ1) is 20.2. The van der Waals surface area contributed by atoms with E-state index in [1.807, 2.05) is 20.8 Å². The van der Waals surface area contributed by atoms with Crippen molar-refractivity contribution in [3.63, 3.8) is 0 Å². The maximum absolute atomic E-state index is 13.0. The van der Waals surface area contributed by atoms with Gasteiger partial charge in [0.15, 0.2) is 0 Å². The Labute approximate surface area is 167 Å². The van der Waals surface area contributed by atoms with Gasteiger partial charge < -0.3 is 5.32 Å². The highest BCUT2D eigenvalue weighted by atomic mass is 19.1. The number of aryl methyl sites for hydroxylation is 1. The topological polar surface area (TPSA) is 105 Å². The fourth-order valence-corrected chi connectivity index (χ4v) is 2.61. The lowest BCUT2D eigenvalue weighted by Crippen LogP contribution is -2.29. The second kappa shape index (κ2) is 7.86. The van der Waals surface area contributed by atoms with Gasteiger partial charge in [-0.2, -0.15) is 9.78 Å². The smallest absolute Gasteiger partial charge is 0.320 e. The van der Waals surface area contributed by atoms with E-state index in [1.54, 1.807) is 25.1 Å². The lowest BCUT2D eigenvalue weighted by molar-refractivity contribution is 0.251.